The van der Waals surface area contributed by atoms with Gasteiger partial charge in [0.25, 0.3) is 5.91 Å². The van der Waals surface area contributed by atoms with E-state index in [1.165, 1.54) is 0 Å². The third-order valence-corrected chi connectivity index (χ3v) is 4.48. The molecule has 1 N–H and O–H groups in total. The minimum Gasteiger partial charge on any atom is -0.457 e. The second-order valence-electron chi connectivity index (χ2n) is 6.18. The highest BCUT2D eigenvalue weighted by molar-refractivity contribution is 5.94. The van der Waals surface area contributed by atoms with E-state index >= 15 is 0 Å². The summed E-state index contributed by atoms with van der Waals surface area (Å²) in [7, 11) is 0. The summed E-state index contributed by atoms with van der Waals surface area (Å²) in [5.74, 6) is 1.62. The summed E-state index contributed by atoms with van der Waals surface area (Å²) >= 11 is 0. The van der Waals surface area contributed by atoms with E-state index in [0.29, 0.717) is 30.2 Å². The van der Waals surface area contributed by atoms with Crippen molar-refractivity contribution in [3.63, 3.8) is 0 Å². The fourth-order valence-electron chi connectivity index (χ4n) is 3.00. The number of carbonyl (C=O) groups is 1. The molecular weight excluding hydrogens is 304 g/mol. The van der Waals surface area contributed by atoms with E-state index < -0.39 is 0 Å². The van der Waals surface area contributed by atoms with Gasteiger partial charge in [-0.25, -0.2) is 0 Å². The van der Waals surface area contributed by atoms with Gasteiger partial charge in [0.1, 0.15) is 11.5 Å². The Bertz CT molecular complexity index is 680. The molecule has 5 nitrogen and oxygen atoms in total. The summed E-state index contributed by atoms with van der Waals surface area (Å²) in [5.41, 5.74) is 0.622. The lowest BCUT2D eigenvalue weighted by atomic mass is 9.92. The number of likely N-dealkylation sites (tertiary alicyclic amines) is 1. The Balaban J connectivity index is 1.66. The molecular formula is C19H22N2O3. The molecule has 5 heteroatoms. The van der Waals surface area contributed by atoms with Crippen molar-refractivity contribution >= 4 is 5.91 Å². The number of hydrogen-bond donors (Lipinski definition) is 1. The third kappa shape index (κ3) is 3.92. The third-order valence-electron chi connectivity index (χ3n) is 4.48. The van der Waals surface area contributed by atoms with Crippen molar-refractivity contribution in [3.8, 4) is 11.5 Å². The normalized spacial score (nSPS) is 16.7. The van der Waals surface area contributed by atoms with Crippen LogP contribution >= 0.6 is 0 Å². The van der Waals surface area contributed by atoms with Crippen LogP contribution in [0, 0.1) is 5.92 Å². The molecule has 1 fully saturated rings. The molecule has 126 valence electrons. The molecule has 1 saturated heterocycles. The number of carbonyl (C=O) groups excluding carboxylic acids is 1. The van der Waals surface area contributed by atoms with Crippen LogP contribution in [0.3, 0.4) is 0 Å². The number of aromatic nitrogens is 1. The van der Waals surface area contributed by atoms with Gasteiger partial charge in [-0.05, 0) is 56.0 Å². The zero-order chi connectivity index (χ0) is 16.9. The molecule has 2 aromatic rings. The number of rotatable bonds is 4. The van der Waals surface area contributed by atoms with E-state index in [1.807, 2.05) is 30.0 Å². The number of benzene rings is 1. The van der Waals surface area contributed by atoms with Crippen LogP contribution < -0.4 is 4.74 Å². The summed E-state index contributed by atoms with van der Waals surface area (Å²) in [6.07, 6.45) is 4.71. The lowest BCUT2D eigenvalue weighted by Crippen LogP contribution is -2.40. The van der Waals surface area contributed by atoms with E-state index in [0.717, 1.165) is 12.8 Å². The summed E-state index contributed by atoms with van der Waals surface area (Å²) in [6, 6.07) is 10.8. The highest BCUT2D eigenvalue weighted by Gasteiger charge is 2.26. The van der Waals surface area contributed by atoms with Crippen LogP contribution in [0.15, 0.2) is 48.8 Å². The fraction of sp³-hybridized carbons (Fsp3) is 0.368. The first kappa shape index (κ1) is 16.5. The molecule has 0 radical (unpaired) electrons. The van der Waals surface area contributed by atoms with Gasteiger partial charge in [0.2, 0.25) is 0 Å². The molecule has 1 aliphatic rings. The molecule has 1 atom stereocenters. The van der Waals surface area contributed by atoms with E-state index in [2.05, 4.69) is 4.98 Å². The van der Waals surface area contributed by atoms with Gasteiger partial charge in [-0.15, -0.1) is 0 Å². The zero-order valence-electron chi connectivity index (χ0n) is 13.8. The molecule has 0 spiro atoms. The lowest BCUT2D eigenvalue weighted by Gasteiger charge is -2.33. The first-order chi connectivity index (χ1) is 11.6. The van der Waals surface area contributed by atoms with E-state index in [4.69, 9.17) is 4.74 Å². The summed E-state index contributed by atoms with van der Waals surface area (Å²) < 4.78 is 5.76. The molecule has 2 heterocycles. The van der Waals surface area contributed by atoms with Gasteiger partial charge < -0.3 is 14.7 Å². The van der Waals surface area contributed by atoms with Crippen LogP contribution in [0.5, 0.6) is 11.5 Å². The van der Waals surface area contributed by atoms with Crippen molar-refractivity contribution in [1.82, 2.24) is 9.88 Å². The molecule has 3 rings (SSSR count). The first-order valence-corrected chi connectivity index (χ1v) is 8.29. The van der Waals surface area contributed by atoms with Gasteiger partial charge in [0.15, 0.2) is 0 Å². The second-order valence-corrected chi connectivity index (χ2v) is 6.18. The SMILES string of the molecule is CC(O)C1CCN(C(=O)c2cccc(Oc3ccncc3)c2)CC1. The Labute approximate surface area is 141 Å². The van der Waals surface area contributed by atoms with Crippen LogP contribution in [-0.4, -0.2) is 40.1 Å². The first-order valence-electron chi connectivity index (χ1n) is 8.29. The Morgan fingerprint density at radius 1 is 1.21 bits per heavy atom. The Kier molecular flexibility index (Phi) is 5.11. The molecule has 1 aliphatic heterocycles. The van der Waals surface area contributed by atoms with Crippen molar-refractivity contribution < 1.29 is 14.6 Å². The van der Waals surface area contributed by atoms with Gasteiger partial charge in [0, 0.05) is 31.0 Å². The number of piperidine rings is 1. The average molecular weight is 326 g/mol. The molecule has 0 saturated carbocycles. The minimum absolute atomic E-state index is 0.0132. The smallest absolute Gasteiger partial charge is 0.253 e. The van der Waals surface area contributed by atoms with E-state index in [-0.39, 0.29) is 17.9 Å². The predicted octanol–water partition coefficient (Wildman–Crippen LogP) is 3.11. The van der Waals surface area contributed by atoms with Gasteiger partial charge in [0.05, 0.1) is 6.10 Å². The number of nitrogens with zero attached hydrogens (tertiary/aromatic N) is 2. The van der Waals surface area contributed by atoms with Crippen molar-refractivity contribution in [2.45, 2.75) is 25.9 Å². The Morgan fingerprint density at radius 3 is 2.58 bits per heavy atom. The van der Waals surface area contributed by atoms with Crippen molar-refractivity contribution in [2.75, 3.05) is 13.1 Å². The summed E-state index contributed by atoms with van der Waals surface area (Å²) in [5, 5.41) is 9.67. The number of ether oxygens (including phenoxy) is 1. The van der Waals surface area contributed by atoms with Crippen LogP contribution in [0.1, 0.15) is 30.1 Å². The molecule has 24 heavy (non-hydrogen) atoms. The molecule has 1 unspecified atom stereocenters. The predicted molar refractivity (Wildman–Crippen MR) is 91.1 cm³/mol. The van der Waals surface area contributed by atoms with E-state index in [9.17, 15) is 9.90 Å². The lowest BCUT2D eigenvalue weighted by molar-refractivity contribution is 0.0521. The number of pyridine rings is 1. The fourth-order valence-corrected chi connectivity index (χ4v) is 3.00. The van der Waals surface area contributed by atoms with E-state index in [1.54, 1.807) is 30.6 Å². The topological polar surface area (TPSA) is 62.7 Å². The maximum Gasteiger partial charge on any atom is 0.253 e. The highest BCUT2D eigenvalue weighted by atomic mass is 16.5. The van der Waals surface area contributed by atoms with Crippen molar-refractivity contribution in [2.24, 2.45) is 5.92 Å². The molecule has 1 amide bonds. The zero-order valence-corrected chi connectivity index (χ0v) is 13.8. The van der Waals surface area contributed by atoms with Gasteiger partial charge in [-0.2, -0.15) is 0 Å². The van der Waals surface area contributed by atoms with Crippen LogP contribution in [0.4, 0.5) is 0 Å². The monoisotopic (exact) mass is 326 g/mol. The van der Waals surface area contributed by atoms with Crippen molar-refractivity contribution in [1.29, 1.82) is 0 Å². The van der Waals surface area contributed by atoms with Crippen LogP contribution in [0.25, 0.3) is 0 Å². The quantitative estimate of drug-likeness (QED) is 0.938. The second kappa shape index (κ2) is 7.45. The number of hydrogen-bond acceptors (Lipinski definition) is 4. The molecule has 1 aromatic carbocycles. The molecule has 0 aliphatic carbocycles. The maximum atomic E-state index is 12.7. The Hall–Kier alpha value is -2.40. The van der Waals surface area contributed by atoms with Crippen LogP contribution in [-0.2, 0) is 0 Å². The maximum absolute atomic E-state index is 12.7. The largest absolute Gasteiger partial charge is 0.457 e. The summed E-state index contributed by atoms with van der Waals surface area (Å²) in [6.45, 7) is 3.19. The average Bonchev–Trinajstić information content (AvgIpc) is 2.62. The summed E-state index contributed by atoms with van der Waals surface area (Å²) in [4.78, 5) is 18.5. The molecule has 1 aromatic heterocycles. The highest BCUT2D eigenvalue weighted by Crippen LogP contribution is 2.25. The van der Waals surface area contributed by atoms with Gasteiger partial charge >= 0.3 is 0 Å². The van der Waals surface area contributed by atoms with Crippen LogP contribution in [0.2, 0.25) is 0 Å². The van der Waals surface area contributed by atoms with Crippen molar-refractivity contribution in [3.05, 3.63) is 54.4 Å². The number of amides is 1. The molecule has 0 bridgehead atoms. The standard InChI is InChI=1S/C19H22N2O3/c1-14(22)15-7-11-21(12-8-15)19(23)16-3-2-4-18(13-16)24-17-5-9-20-10-6-17/h2-6,9-10,13-15,22H,7-8,11-12H2,1H3. The number of aliphatic hydroxyl groups excluding tert-OH is 1. The van der Waals surface area contributed by atoms with Gasteiger partial charge in [-0.3, -0.25) is 9.78 Å². The minimum atomic E-state index is -0.306. The Morgan fingerprint density at radius 2 is 1.92 bits per heavy atom. The number of aliphatic hydroxyl groups is 1. The van der Waals surface area contributed by atoms with Gasteiger partial charge in [-0.1, -0.05) is 6.07 Å².